The van der Waals surface area contributed by atoms with E-state index >= 15 is 0 Å². The molecule has 0 aromatic heterocycles. The van der Waals surface area contributed by atoms with Gasteiger partial charge in [-0.05, 0) is 37.8 Å². The van der Waals surface area contributed by atoms with Crippen LogP contribution in [0.4, 0.5) is 5.69 Å². The molecular formula is C14H23NO2. The van der Waals surface area contributed by atoms with E-state index in [-0.39, 0.29) is 0 Å². The molecule has 3 nitrogen and oxygen atoms in total. The van der Waals surface area contributed by atoms with Gasteiger partial charge >= 0.3 is 0 Å². The van der Waals surface area contributed by atoms with Crippen molar-refractivity contribution < 1.29 is 9.47 Å². The number of ether oxygens (including phenoxy) is 2. The van der Waals surface area contributed by atoms with Crippen LogP contribution in [0, 0.1) is 5.92 Å². The first-order chi connectivity index (χ1) is 8.15. The molecule has 17 heavy (non-hydrogen) atoms. The van der Waals surface area contributed by atoms with Crippen LogP contribution in [0.5, 0.6) is 11.5 Å². The van der Waals surface area contributed by atoms with Crippen LogP contribution in [0.3, 0.4) is 0 Å². The molecule has 0 saturated carbocycles. The van der Waals surface area contributed by atoms with Gasteiger partial charge < -0.3 is 15.2 Å². The summed E-state index contributed by atoms with van der Waals surface area (Å²) in [7, 11) is 0. The Morgan fingerprint density at radius 2 is 1.82 bits per heavy atom. The van der Waals surface area contributed by atoms with Crippen molar-refractivity contribution in [3.05, 3.63) is 18.2 Å². The topological polar surface area (TPSA) is 44.5 Å². The van der Waals surface area contributed by atoms with Gasteiger partial charge in [0, 0.05) is 0 Å². The molecule has 0 atom stereocenters. The van der Waals surface area contributed by atoms with E-state index < -0.39 is 0 Å². The molecule has 0 aliphatic rings. The lowest BCUT2D eigenvalue weighted by Gasteiger charge is -2.12. The van der Waals surface area contributed by atoms with Crippen LogP contribution in [0.25, 0.3) is 0 Å². The zero-order valence-electron chi connectivity index (χ0n) is 11.0. The van der Waals surface area contributed by atoms with Crippen LogP contribution in [-0.2, 0) is 0 Å². The van der Waals surface area contributed by atoms with Gasteiger partial charge in [-0.15, -0.1) is 0 Å². The van der Waals surface area contributed by atoms with Crippen LogP contribution in [0.15, 0.2) is 18.2 Å². The van der Waals surface area contributed by atoms with Crippen molar-refractivity contribution in [2.45, 2.75) is 33.6 Å². The third-order valence-electron chi connectivity index (χ3n) is 2.51. The van der Waals surface area contributed by atoms with E-state index in [1.807, 2.05) is 25.1 Å². The number of nitrogen functional groups attached to an aromatic ring is 1. The Kier molecular flexibility index (Phi) is 5.67. The van der Waals surface area contributed by atoms with Gasteiger partial charge in [0.2, 0.25) is 0 Å². The van der Waals surface area contributed by atoms with Gasteiger partial charge in [0.05, 0.1) is 13.2 Å². The maximum atomic E-state index is 5.96. The van der Waals surface area contributed by atoms with Crippen LogP contribution in [-0.4, -0.2) is 13.2 Å². The maximum Gasteiger partial charge on any atom is 0.146 e. The number of anilines is 1. The Bertz CT molecular complexity index is 337. The number of nitrogens with two attached hydrogens (primary N) is 1. The molecule has 2 N–H and O–H groups in total. The van der Waals surface area contributed by atoms with E-state index in [0.717, 1.165) is 12.2 Å². The molecule has 1 aromatic carbocycles. The molecular weight excluding hydrogens is 214 g/mol. The highest BCUT2D eigenvalue weighted by atomic mass is 16.5. The highest BCUT2D eigenvalue weighted by Gasteiger charge is 2.06. The molecule has 0 fully saturated rings. The van der Waals surface area contributed by atoms with Crippen LogP contribution < -0.4 is 15.2 Å². The molecule has 1 rings (SSSR count). The molecule has 0 radical (unpaired) electrons. The molecule has 0 aliphatic carbocycles. The van der Waals surface area contributed by atoms with E-state index in [0.29, 0.717) is 30.6 Å². The minimum absolute atomic E-state index is 0.596. The van der Waals surface area contributed by atoms with Crippen molar-refractivity contribution >= 4 is 5.69 Å². The van der Waals surface area contributed by atoms with Crippen molar-refractivity contribution in [2.75, 3.05) is 18.9 Å². The van der Waals surface area contributed by atoms with Crippen molar-refractivity contribution in [1.29, 1.82) is 0 Å². The molecule has 3 heteroatoms. The summed E-state index contributed by atoms with van der Waals surface area (Å²) in [6.45, 7) is 7.68. The summed E-state index contributed by atoms with van der Waals surface area (Å²) >= 11 is 0. The first-order valence-corrected chi connectivity index (χ1v) is 6.29. The SMILES string of the molecule is CCOc1cccc(OCCCC(C)C)c1N. The largest absolute Gasteiger partial charge is 0.492 e. The second-order valence-electron chi connectivity index (χ2n) is 4.49. The molecule has 0 amide bonds. The van der Waals surface area contributed by atoms with Gasteiger partial charge in [0.25, 0.3) is 0 Å². The monoisotopic (exact) mass is 237 g/mol. The summed E-state index contributed by atoms with van der Waals surface area (Å²) in [4.78, 5) is 0. The van der Waals surface area contributed by atoms with E-state index in [2.05, 4.69) is 13.8 Å². The van der Waals surface area contributed by atoms with Gasteiger partial charge in [-0.25, -0.2) is 0 Å². The number of para-hydroxylation sites is 1. The number of hydrogen-bond donors (Lipinski definition) is 1. The minimum atomic E-state index is 0.596. The molecule has 0 bridgehead atoms. The van der Waals surface area contributed by atoms with Crippen LogP contribution in [0.2, 0.25) is 0 Å². The van der Waals surface area contributed by atoms with Crippen LogP contribution >= 0.6 is 0 Å². The van der Waals surface area contributed by atoms with Gasteiger partial charge in [-0.3, -0.25) is 0 Å². The summed E-state index contributed by atoms with van der Waals surface area (Å²) in [5.74, 6) is 2.14. The fraction of sp³-hybridized carbons (Fsp3) is 0.571. The van der Waals surface area contributed by atoms with Gasteiger partial charge in [-0.2, -0.15) is 0 Å². The molecule has 0 unspecified atom stereocenters. The quantitative estimate of drug-likeness (QED) is 0.583. The predicted octanol–water partition coefficient (Wildman–Crippen LogP) is 3.48. The summed E-state index contributed by atoms with van der Waals surface area (Å²) in [6, 6.07) is 5.65. The average Bonchev–Trinajstić information content (AvgIpc) is 2.29. The molecule has 0 aliphatic heterocycles. The van der Waals surface area contributed by atoms with Crippen molar-refractivity contribution in [1.82, 2.24) is 0 Å². The van der Waals surface area contributed by atoms with Gasteiger partial charge in [-0.1, -0.05) is 19.9 Å². The summed E-state index contributed by atoms with van der Waals surface area (Å²) < 4.78 is 11.1. The zero-order valence-corrected chi connectivity index (χ0v) is 11.0. The third kappa shape index (κ3) is 4.55. The lowest BCUT2D eigenvalue weighted by molar-refractivity contribution is 0.295. The predicted molar refractivity (Wildman–Crippen MR) is 71.6 cm³/mol. The normalized spacial score (nSPS) is 10.6. The Morgan fingerprint density at radius 1 is 1.18 bits per heavy atom. The number of benzene rings is 1. The number of rotatable bonds is 7. The Labute approximate surface area is 104 Å². The molecule has 0 spiro atoms. The van der Waals surface area contributed by atoms with Crippen molar-refractivity contribution in [3.8, 4) is 11.5 Å². The Hall–Kier alpha value is -1.38. The van der Waals surface area contributed by atoms with Crippen LogP contribution in [0.1, 0.15) is 33.6 Å². The van der Waals surface area contributed by atoms with E-state index in [1.165, 1.54) is 6.42 Å². The summed E-state index contributed by atoms with van der Waals surface area (Å²) in [6.07, 6.45) is 2.22. The minimum Gasteiger partial charge on any atom is -0.492 e. The Balaban J connectivity index is 2.50. The Morgan fingerprint density at radius 3 is 2.41 bits per heavy atom. The van der Waals surface area contributed by atoms with E-state index in [4.69, 9.17) is 15.2 Å². The van der Waals surface area contributed by atoms with E-state index in [1.54, 1.807) is 0 Å². The standard InChI is InChI=1S/C14H23NO2/c1-4-16-12-8-5-9-13(14(12)15)17-10-6-7-11(2)3/h5,8-9,11H,4,6-7,10,15H2,1-3H3. The fourth-order valence-corrected chi connectivity index (χ4v) is 1.60. The second-order valence-corrected chi connectivity index (χ2v) is 4.49. The fourth-order valence-electron chi connectivity index (χ4n) is 1.60. The first kappa shape index (κ1) is 13.7. The lowest BCUT2D eigenvalue weighted by Crippen LogP contribution is -2.03. The highest BCUT2D eigenvalue weighted by Crippen LogP contribution is 2.31. The zero-order chi connectivity index (χ0) is 12.7. The van der Waals surface area contributed by atoms with Crippen molar-refractivity contribution in [3.63, 3.8) is 0 Å². The molecule has 0 saturated heterocycles. The average molecular weight is 237 g/mol. The van der Waals surface area contributed by atoms with Gasteiger partial charge in [0.15, 0.2) is 0 Å². The van der Waals surface area contributed by atoms with E-state index in [9.17, 15) is 0 Å². The maximum absolute atomic E-state index is 5.96. The number of hydrogen-bond acceptors (Lipinski definition) is 3. The summed E-state index contributed by atoms with van der Waals surface area (Å²) in [5, 5.41) is 0. The summed E-state index contributed by atoms with van der Waals surface area (Å²) in [5.41, 5.74) is 6.56. The second kappa shape index (κ2) is 7.05. The molecule has 1 aromatic rings. The smallest absolute Gasteiger partial charge is 0.146 e. The highest BCUT2D eigenvalue weighted by molar-refractivity contribution is 5.62. The van der Waals surface area contributed by atoms with Gasteiger partial charge in [0.1, 0.15) is 17.2 Å². The molecule has 0 heterocycles. The molecule has 96 valence electrons. The van der Waals surface area contributed by atoms with Crippen molar-refractivity contribution in [2.24, 2.45) is 5.92 Å². The lowest BCUT2D eigenvalue weighted by atomic mass is 10.1. The first-order valence-electron chi connectivity index (χ1n) is 6.29. The third-order valence-corrected chi connectivity index (χ3v) is 2.51.